The lowest BCUT2D eigenvalue weighted by molar-refractivity contribution is 0.103. The van der Waals surface area contributed by atoms with E-state index in [0.717, 1.165) is 10.9 Å². The summed E-state index contributed by atoms with van der Waals surface area (Å²) in [6.45, 7) is 0. The van der Waals surface area contributed by atoms with Crippen molar-refractivity contribution in [2.24, 2.45) is 0 Å². The molecule has 3 aromatic rings. The Bertz CT molecular complexity index is 710. The van der Waals surface area contributed by atoms with Crippen LogP contribution in [-0.2, 0) is 0 Å². The molecule has 0 atom stereocenters. The number of hydrogen-bond donors (Lipinski definition) is 0. The number of pyridine rings is 1. The lowest BCUT2D eigenvalue weighted by Crippen LogP contribution is -2.04. The van der Waals surface area contributed by atoms with E-state index in [9.17, 15) is 4.79 Å². The average Bonchev–Trinajstić information content (AvgIpc) is 2.47. The smallest absolute Gasteiger partial charge is 0.214 e. The molecule has 0 bridgehead atoms. The standard InChI is InChI=1S/C14H9N3O/c18-14(11-7-15-9-16-8-11)13-6-5-10-3-1-2-4-12(10)17-13/h1-9H. The molecule has 0 N–H and O–H groups in total. The van der Waals surface area contributed by atoms with Gasteiger partial charge >= 0.3 is 0 Å². The maximum absolute atomic E-state index is 12.1. The van der Waals surface area contributed by atoms with Gasteiger partial charge in [0.2, 0.25) is 5.78 Å². The molecule has 0 amide bonds. The molecule has 0 spiro atoms. The largest absolute Gasteiger partial charge is 0.287 e. The number of aromatic nitrogens is 3. The van der Waals surface area contributed by atoms with E-state index in [-0.39, 0.29) is 5.78 Å². The molecular formula is C14H9N3O. The van der Waals surface area contributed by atoms with Crippen molar-refractivity contribution in [1.82, 2.24) is 15.0 Å². The summed E-state index contributed by atoms with van der Waals surface area (Å²) in [6, 6.07) is 11.3. The van der Waals surface area contributed by atoms with Crippen LogP contribution >= 0.6 is 0 Å². The molecule has 0 unspecified atom stereocenters. The number of carbonyl (C=O) groups is 1. The third-order valence-electron chi connectivity index (χ3n) is 2.65. The molecule has 0 radical (unpaired) electrons. The molecular weight excluding hydrogens is 226 g/mol. The SMILES string of the molecule is O=C(c1cncnc1)c1ccc2ccccc2n1. The first kappa shape index (κ1) is 10.5. The Morgan fingerprint density at radius 3 is 2.56 bits per heavy atom. The summed E-state index contributed by atoms with van der Waals surface area (Å²) >= 11 is 0. The molecule has 2 heterocycles. The highest BCUT2D eigenvalue weighted by molar-refractivity contribution is 6.08. The van der Waals surface area contributed by atoms with Gasteiger partial charge in [-0.2, -0.15) is 0 Å². The van der Waals surface area contributed by atoms with Crippen LogP contribution < -0.4 is 0 Å². The highest BCUT2D eigenvalue weighted by Crippen LogP contribution is 2.13. The Morgan fingerprint density at radius 1 is 0.944 bits per heavy atom. The molecule has 18 heavy (non-hydrogen) atoms. The molecule has 2 aromatic heterocycles. The number of nitrogens with zero attached hydrogens (tertiary/aromatic N) is 3. The Balaban J connectivity index is 2.07. The second kappa shape index (κ2) is 4.33. The summed E-state index contributed by atoms with van der Waals surface area (Å²) < 4.78 is 0. The molecule has 0 fully saturated rings. The van der Waals surface area contributed by atoms with Crippen LogP contribution in [-0.4, -0.2) is 20.7 Å². The van der Waals surface area contributed by atoms with Crippen LogP contribution in [0.15, 0.2) is 55.1 Å². The fraction of sp³-hybridized carbons (Fsp3) is 0. The van der Waals surface area contributed by atoms with Crippen LogP contribution in [0.5, 0.6) is 0 Å². The van der Waals surface area contributed by atoms with Crippen LogP contribution in [0.25, 0.3) is 10.9 Å². The number of ketones is 1. The fourth-order valence-electron chi connectivity index (χ4n) is 1.76. The van der Waals surface area contributed by atoms with Crippen LogP contribution in [0.1, 0.15) is 16.1 Å². The quantitative estimate of drug-likeness (QED) is 0.639. The Hall–Kier alpha value is -2.62. The average molecular weight is 235 g/mol. The van der Waals surface area contributed by atoms with Gasteiger partial charge in [-0.1, -0.05) is 24.3 Å². The Kier molecular flexibility index (Phi) is 2.53. The van der Waals surface area contributed by atoms with Gasteiger partial charge in [0.15, 0.2) is 0 Å². The van der Waals surface area contributed by atoms with Gasteiger partial charge in [-0.15, -0.1) is 0 Å². The van der Waals surface area contributed by atoms with Crippen LogP contribution in [0.3, 0.4) is 0 Å². The first-order chi connectivity index (χ1) is 8.84. The summed E-state index contributed by atoms with van der Waals surface area (Å²) in [4.78, 5) is 24.2. The van der Waals surface area contributed by atoms with Gasteiger partial charge < -0.3 is 0 Å². The first-order valence-corrected chi connectivity index (χ1v) is 5.50. The topological polar surface area (TPSA) is 55.7 Å². The normalized spacial score (nSPS) is 10.4. The van der Waals surface area contributed by atoms with Gasteiger partial charge in [0, 0.05) is 17.8 Å². The zero-order valence-electron chi connectivity index (χ0n) is 9.45. The summed E-state index contributed by atoms with van der Waals surface area (Å²) in [5.74, 6) is -0.165. The second-order valence-corrected chi connectivity index (χ2v) is 3.85. The van der Waals surface area contributed by atoms with E-state index < -0.39 is 0 Å². The van der Waals surface area contributed by atoms with Crippen LogP contribution in [0.2, 0.25) is 0 Å². The lowest BCUT2D eigenvalue weighted by atomic mass is 10.1. The number of fused-ring (bicyclic) bond motifs is 1. The molecule has 86 valence electrons. The van der Waals surface area contributed by atoms with E-state index in [1.165, 1.54) is 18.7 Å². The first-order valence-electron chi connectivity index (χ1n) is 5.50. The molecule has 3 rings (SSSR count). The van der Waals surface area contributed by atoms with Gasteiger partial charge in [-0.05, 0) is 12.1 Å². The lowest BCUT2D eigenvalue weighted by Gasteiger charge is -2.01. The van der Waals surface area contributed by atoms with E-state index in [2.05, 4.69) is 15.0 Å². The van der Waals surface area contributed by atoms with Gasteiger partial charge in [-0.25, -0.2) is 15.0 Å². The maximum Gasteiger partial charge on any atom is 0.214 e. The molecule has 0 saturated carbocycles. The Morgan fingerprint density at radius 2 is 1.72 bits per heavy atom. The van der Waals surface area contributed by atoms with E-state index in [1.807, 2.05) is 30.3 Å². The second-order valence-electron chi connectivity index (χ2n) is 3.85. The van der Waals surface area contributed by atoms with Gasteiger partial charge in [-0.3, -0.25) is 4.79 Å². The summed E-state index contributed by atoms with van der Waals surface area (Å²) in [6.07, 6.45) is 4.38. The van der Waals surface area contributed by atoms with E-state index >= 15 is 0 Å². The molecule has 0 aliphatic heterocycles. The van der Waals surface area contributed by atoms with Crippen molar-refractivity contribution in [1.29, 1.82) is 0 Å². The summed E-state index contributed by atoms with van der Waals surface area (Å²) in [5.41, 5.74) is 1.66. The van der Waals surface area contributed by atoms with Crippen molar-refractivity contribution in [3.63, 3.8) is 0 Å². The van der Waals surface area contributed by atoms with E-state index in [4.69, 9.17) is 0 Å². The van der Waals surface area contributed by atoms with Crippen molar-refractivity contribution < 1.29 is 4.79 Å². The van der Waals surface area contributed by atoms with E-state index in [0.29, 0.717) is 11.3 Å². The summed E-state index contributed by atoms with van der Waals surface area (Å²) in [7, 11) is 0. The predicted octanol–water partition coefficient (Wildman–Crippen LogP) is 2.26. The fourth-order valence-corrected chi connectivity index (χ4v) is 1.76. The van der Waals surface area contributed by atoms with Gasteiger partial charge in [0.05, 0.1) is 11.1 Å². The highest BCUT2D eigenvalue weighted by Gasteiger charge is 2.11. The minimum atomic E-state index is -0.165. The molecule has 4 nitrogen and oxygen atoms in total. The van der Waals surface area contributed by atoms with Crippen molar-refractivity contribution >= 4 is 16.7 Å². The number of hydrogen-bond acceptors (Lipinski definition) is 4. The third-order valence-corrected chi connectivity index (χ3v) is 2.65. The van der Waals surface area contributed by atoms with Crippen LogP contribution in [0.4, 0.5) is 0 Å². The van der Waals surface area contributed by atoms with Gasteiger partial charge in [0.1, 0.15) is 12.0 Å². The molecule has 0 saturated heterocycles. The number of para-hydroxylation sites is 1. The Labute approximate surface area is 103 Å². The minimum absolute atomic E-state index is 0.165. The molecule has 0 aliphatic rings. The zero-order chi connectivity index (χ0) is 12.4. The van der Waals surface area contributed by atoms with Crippen LogP contribution in [0, 0.1) is 0 Å². The highest BCUT2D eigenvalue weighted by atomic mass is 16.1. The van der Waals surface area contributed by atoms with Crippen molar-refractivity contribution in [3.05, 3.63) is 66.4 Å². The molecule has 1 aromatic carbocycles. The predicted molar refractivity (Wildman–Crippen MR) is 67.2 cm³/mol. The molecule has 4 heteroatoms. The minimum Gasteiger partial charge on any atom is -0.287 e. The molecule has 0 aliphatic carbocycles. The maximum atomic E-state index is 12.1. The van der Waals surface area contributed by atoms with Gasteiger partial charge in [0.25, 0.3) is 0 Å². The summed E-state index contributed by atoms with van der Waals surface area (Å²) in [5, 5.41) is 1.01. The van der Waals surface area contributed by atoms with Crippen molar-refractivity contribution in [2.45, 2.75) is 0 Å². The van der Waals surface area contributed by atoms with Crippen molar-refractivity contribution in [3.8, 4) is 0 Å². The van der Waals surface area contributed by atoms with E-state index in [1.54, 1.807) is 6.07 Å². The number of rotatable bonds is 2. The number of benzene rings is 1. The van der Waals surface area contributed by atoms with Crippen molar-refractivity contribution in [2.75, 3.05) is 0 Å². The third kappa shape index (κ3) is 1.84. The monoisotopic (exact) mass is 235 g/mol. The number of carbonyl (C=O) groups excluding carboxylic acids is 1. The zero-order valence-corrected chi connectivity index (χ0v) is 9.45.